The van der Waals surface area contributed by atoms with Gasteiger partial charge in [-0.15, -0.1) is 0 Å². The fraction of sp³-hybridized carbons (Fsp3) is 0.929. The maximum atomic E-state index is 11.7. The minimum Gasteiger partial charge on any atom is -0.465 e. The molecule has 0 radical (unpaired) electrons. The highest BCUT2D eigenvalue weighted by atomic mass is 16.5. The molecule has 0 saturated heterocycles. The van der Waals surface area contributed by atoms with Crippen molar-refractivity contribution in [1.82, 2.24) is 5.32 Å². The molecule has 0 aromatic carbocycles. The first-order valence-electron chi connectivity index (χ1n) is 7.18. The van der Waals surface area contributed by atoms with Crippen LogP contribution in [0.2, 0.25) is 0 Å². The lowest BCUT2D eigenvalue weighted by Crippen LogP contribution is -2.43. The van der Waals surface area contributed by atoms with Crippen molar-refractivity contribution in [3.63, 3.8) is 0 Å². The molecule has 4 nitrogen and oxygen atoms in total. The van der Waals surface area contributed by atoms with Crippen LogP contribution in [0.1, 0.15) is 53.4 Å². The number of aliphatic hydroxyl groups is 1. The minimum absolute atomic E-state index is 0.212. The van der Waals surface area contributed by atoms with E-state index in [0.717, 1.165) is 25.7 Å². The molecular formula is C14H29NO3. The number of nitrogens with one attached hydrogen (secondary N) is 1. The molecule has 0 aliphatic rings. The first kappa shape index (κ1) is 17.4. The van der Waals surface area contributed by atoms with Crippen LogP contribution in [-0.2, 0) is 9.53 Å². The van der Waals surface area contributed by atoms with Crippen LogP contribution >= 0.6 is 0 Å². The number of carbonyl (C=O) groups is 1. The molecule has 0 aliphatic heterocycles. The van der Waals surface area contributed by atoms with Crippen molar-refractivity contribution in [1.29, 1.82) is 0 Å². The molecule has 0 bridgehead atoms. The van der Waals surface area contributed by atoms with Crippen LogP contribution in [0.25, 0.3) is 0 Å². The Morgan fingerprint density at radius 2 is 1.83 bits per heavy atom. The van der Waals surface area contributed by atoms with Gasteiger partial charge in [-0.05, 0) is 19.3 Å². The molecular weight excluding hydrogens is 230 g/mol. The molecule has 18 heavy (non-hydrogen) atoms. The number of hydrogen-bond acceptors (Lipinski definition) is 4. The van der Waals surface area contributed by atoms with Crippen molar-refractivity contribution < 1.29 is 14.6 Å². The van der Waals surface area contributed by atoms with Gasteiger partial charge in [0.2, 0.25) is 0 Å². The van der Waals surface area contributed by atoms with Crippen LogP contribution in [-0.4, -0.2) is 36.4 Å². The van der Waals surface area contributed by atoms with E-state index in [1.807, 2.05) is 6.92 Å². The Kier molecular flexibility index (Phi) is 9.98. The summed E-state index contributed by atoms with van der Waals surface area (Å²) in [7, 11) is 0. The van der Waals surface area contributed by atoms with Gasteiger partial charge in [-0.3, -0.25) is 4.79 Å². The smallest absolute Gasteiger partial charge is 0.323 e. The normalized spacial score (nSPS) is 14.6. The van der Waals surface area contributed by atoms with Crippen molar-refractivity contribution in [3.8, 4) is 0 Å². The Hall–Kier alpha value is -0.610. The quantitative estimate of drug-likeness (QED) is 0.590. The lowest BCUT2D eigenvalue weighted by molar-refractivity contribution is -0.146. The van der Waals surface area contributed by atoms with Gasteiger partial charge in [-0.1, -0.05) is 40.0 Å². The Morgan fingerprint density at radius 1 is 1.22 bits per heavy atom. The van der Waals surface area contributed by atoms with E-state index >= 15 is 0 Å². The summed E-state index contributed by atoms with van der Waals surface area (Å²) in [4.78, 5) is 11.7. The topological polar surface area (TPSA) is 58.6 Å². The highest BCUT2D eigenvalue weighted by Crippen LogP contribution is 2.12. The lowest BCUT2D eigenvalue weighted by atomic mass is 9.96. The average molecular weight is 259 g/mol. The molecule has 0 spiro atoms. The van der Waals surface area contributed by atoms with Gasteiger partial charge < -0.3 is 15.2 Å². The highest BCUT2D eigenvalue weighted by molar-refractivity contribution is 5.75. The number of hydrogen-bond donors (Lipinski definition) is 2. The van der Waals surface area contributed by atoms with Gasteiger partial charge in [0.05, 0.1) is 12.7 Å². The summed E-state index contributed by atoms with van der Waals surface area (Å²) in [5.41, 5.74) is 0. The van der Waals surface area contributed by atoms with Gasteiger partial charge in [0.25, 0.3) is 0 Å². The Bertz CT molecular complexity index is 217. The molecule has 2 N–H and O–H groups in total. The molecule has 0 saturated carbocycles. The summed E-state index contributed by atoms with van der Waals surface area (Å²) >= 11 is 0. The predicted molar refractivity (Wildman–Crippen MR) is 73.4 cm³/mol. The second-order valence-electron chi connectivity index (χ2n) is 4.65. The molecule has 2 unspecified atom stereocenters. The van der Waals surface area contributed by atoms with Gasteiger partial charge in [-0.25, -0.2) is 0 Å². The summed E-state index contributed by atoms with van der Waals surface area (Å²) in [6, 6.07) is -0.293. The molecule has 0 aromatic rings. The van der Waals surface area contributed by atoms with E-state index in [2.05, 4.69) is 19.2 Å². The van der Waals surface area contributed by atoms with E-state index in [0.29, 0.717) is 19.1 Å². The summed E-state index contributed by atoms with van der Waals surface area (Å²) in [5.74, 6) is 0.0815. The van der Waals surface area contributed by atoms with Crippen LogP contribution in [0.4, 0.5) is 0 Å². The predicted octanol–water partition coefficient (Wildman–Crippen LogP) is 2.10. The highest BCUT2D eigenvalue weighted by Gasteiger charge is 2.21. The summed E-state index contributed by atoms with van der Waals surface area (Å²) in [6.45, 7) is 8.84. The van der Waals surface area contributed by atoms with E-state index in [9.17, 15) is 9.90 Å². The first-order chi connectivity index (χ1) is 8.60. The minimum atomic E-state index is -0.395. The fourth-order valence-electron chi connectivity index (χ4n) is 2.10. The molecule has 0 aliphatic carbocycles. The molecule has 0 fully saturated rings. The monoisotopic (exact) mass is 259 g/mol. The van der Waals surface area contributed by atoms with Crippen molar-refractivity contribution in [2.45, 2.75) is 65.5 Å². The maximum absolute atomic E-state index is 11.7. The Morgan fingerprint density at radius 3 is 2.28 bits per heavy atom. The molecule has 108 valence electrons. The number of esters is 1. The zero-order valence-corrected chi connectivity index (χ0v) is 12.2. The SMILES string of the molecule is CCCC(NCC(O)C(CC)CC)C(=O)OCC. The van der Waals surface area contributed by atoms with E-state index in [4.69, 9.17) is 4.74 Å². The second kappa shape index (κ2) is 10.3. The van der Waals surface area contributed by atoms with Gasteiger partial charge in [0, 0.05) is 6.54 Å². The first-order valence-corrected chi connectivity index (χ1v) is 7.18. The van der Waals surface area contributed by atoms with Gasteiger partial charge in [0.15, 0.2) is 0 Å². The lowest BCUT2D eigenvalue weighted by Gasteiger charge is -2.23. The average Bonchev–Trinajstić information content (AvgIpc) is 2.36. The Balaban J connectivity index is 4.21. The van der Waals surface area contributed by atoms with E-state index < -0.39 is 6.10 Å². The third-order valence-corrected chi connectivity index (χ3v) is 3.31. The van der Waals surface area contributed by atoms with Gasteiger partial charge in [-0.2, -0.15) is 0 Å². The number of ether oxygens (including phenoxy) is 1. The number of carbonyl (C=O) groups excluding carboxylic acids is 1. The van der Waals surface area contributed by atoms with E-state index in [-0.39, 0.29) is 12.0 Å². The largest absolute Gasteiger partial charge is 0.465 e. The summed E-state index contributed by atoms with van der Waals surface area (Å²) in [6.07, 6.45) is 3.18. The maximum Gasteiger partial charge on any atom is 0.323 e. The Labute approximate surface area is 111 Å². The standard InChI is InChI=1S/C14H29NO3/c1-5-9-12(14(17)18-8-4)15-10-13(16)11(6-2)7-3/h11-13,15-16H,5-10H2,1-4H3. The molecule has 4 heteroatoms. The van der Waals surface area contributed by atoms with Crippen LogP contribution in [0.15, 0.2) is 0 Å². The van der Waals surface area contributed by atoms with Gasteiger partial charge in [0.1, 0.15) is 6.04 Å². The molecule has 0 aromatic heterocycles. The van der Waals surface area contributed by atoms with E-state index in [1.54, 1.807) is 6.92 Å². The second-order valence-corrected chi connectivity index (χ2v) is 4.65. The van der Waals surface area contributed by atoms with Crippen molar-refractivity contribution in [3.05, 3.63) is 0 Å². The van der Waals surface area contributed by atoms with Crippen LogP contribution in [0.3, 0.4) is 0 Å². The van der Waals surface area contributed by atoms with Crippen LogP contribution in [0, 0.1) is 5.92 Å². The molecule has 0 heterocycles. The van der Waals surface area contributed by atoms with Crippen molar-refractivity contribution in [2.75, 3.05) is 13.2 Å². The summed E-state index contributed by atoms with van der Waals surface area (Å²) < 4.78 is 5.02. The fourth-order valence-corrected chi connectivity index (χ4v) is 2.10. The molecule has 0 rings (SSSR count). The third kappa shape index (κ3) is 6.36. The zero-order valence-electron chi connectivity index (χ0n) is 12.2. The van der Waals surface area contributed by atoms with Crippen LogP contribution in [0.5, 0.6) is 0 Å². The number of aliphatic hydroxyl groups excluding tert-OH is 1. The zero-order chi connectivity index (χ0) is 14.0. The molecule has 2 atom stereocenters. The third-order valence-electron chi connectivity index (χ3n) is 3.31. The molecule has 0 amide bonds. The van der Waals surface area contributed by atoms with Gasteiger partial charge >= 0.3 is 5.97 Å². The number of rotatable bonds is 10. The summed E-state index contributed by atoms with van der Waals surface area (Å²) in [5, 5.41) is 13.2. The van der Waals surface area contributed by atoms with Crippen molar-refractivity contribution >= 4 is 5.97 Å². The van der Waals surface area contributed by atoms with Crippen molar-refractivity contribution in [2.24, 2.45) is 5.92 Å². The van der Waals surface area contributed by atoms with E-state index in [1.165, 1.54) is 0 Å². The van der Waals surface area contributed by atoms with Crippen LogP contribution < -0.4 is 5.32 Å².